The number of halogens is 1. The monoisotopic (exact) mass is 618 g/mol. The van der Waals surface area contributed by atoms with Crippen molar-refractivity contribution < 1.29 is 24.4 Å². The zero-order valence-electron chi connectivity index (χ0n) is 24.8. The Balaban J connectivity index is 1.43. The molecule has 0 radical (unpaired) electrons. The van der Waals surface area contributed by atoms with Gasteiger partial charge in [0.1, 0.15) is 19.1 Å². The van der Waals surface area contributed by atoms with Crippen molar-refractivity contribution in [2.24, 2.45) is 40.4 Å². The van der Waals surface area contributed by atoms with Crippen LogP contribution in [-0.2, 0) is 9.47 Å². The minimum Gasteiger partial charge on any atom is -0.490 e. The Morgan fingerprint density at radius 2 is 1.85 bits per heavy atom. The number of aliphatic hydroxyl groups excluding tert-OH is 2. The molecular weight excluding hydrogens is 568 g/mol. The minimum absolute atomic E-state index is 0.118. The Morgan fingerprint density at radius 1 is 1.05 bits per heavy atom. The number of methoxy groups -OCH3 is 1. The van der Waals surface area contributed by atoms with Gasteiger partial charge in [-0.3, -0.25) is 0 Å². The summed E-state index contributed by atoms with van der Waals surface area (Å²) in [6, 6.07) is 9.00. The molecule has 10 atom stereocenters. The van der Waals surface area contributed by atoms with Crippen molar-refractivity contribution in [3.63, 3.8) is 0 Å². The third-order valence-electron chi connectivity index (χ3n) is 11.8. The number of alkyl halides is 1. The first-order valence-electron chi connectivity index (χ1n) is 15.7. The van der Waals surface area contributed by atoms with Crippen molar-refractivity contribution >= 4 is 15.9 Å². The Bertz CT molecular complexity index is 983. The third-order valence-corrected chi connectivity index (χ3v) is 12.3. The Labute approximate surface area is 250 Å². The number of ether oxygens (including phenoxy) is 3. The summed E-state index contributed by atoms with van der Waals surface area (Å²) in [5.74, 6) is 4.23. The Hall–Kier alpha value is -0.920. The van der Waals surface area contributed by atoms with E-state index in [9.17, 15) is 10.2 Å². The maximum Gasteiger partial charge on any atom is 0.146 e. The van der Waals surface area contributed by atoms with E-state index in [1.807, 2.05) is 0 Å². The lowest BCUT2D eigenvalue weighted by atomic mass is 9.41. The standard InChI is InChI=1S/C34H51BrO5/c1-33-16-15-24(30(37)21-36)19-25(33)9-12-27-29-13-14-31(40-22-38-3)34(29,2)20-28(32(27)33)23-7-10-26(11-8-23)39-18-6-4-5-17-35/h4,6-8,10-11,24-25,27-32,36-37H,5,9,12-22H2,1-3H3/t24?,25?,27-,28?,29-,30?,31?,32-,33-,34-/m0/s1. The van der Waals surface area contributed by atoms with Gasteiger partial charge in [0.15, 0.2) is 0 Å². The van der Waals surface area contributed by atoms with E-state index in [2.05, 4.69) is 66.2 Å². The number of allylic oxidation sites excluding steroid dienone is 1. The molecule has 2 N–H and O–H groups in total. The van der Waals surface area contributed by atoms with E-state index in [1.54, 1.807) is 7.11 Å². The van der Waals surface area contributed by atoms with Crippen LogP contribution in [0.1, 0.15) is 83.1 Å². The van der Waals surface area contributed by atoms with Gasteiger partial charge in [-0.15, -0.1) is 0 Å². The molecular formula is C34H51BrO5. The van der Waals surface area contributed by atoms with E-state index in [0.29, 0.717) is 43.0 Å². The Morgan fingerprint density at radius 3 is 2.58 bits per heavy atom. The summed E-state index contributed by atoms with van der Waals surface area (Å²) in [7, 11) is 1.72. The highest BCUT2D eigenvalue weighted by Gasteiger charge is 2.63. The summed E-state index contributed by atoms with van der Waals surface area (Å²) in [6.45, 7) is 5.94. The maximum atomic E-state index is 10.5. The number of rotatable bonds is 11. The molecule has 4 saturated carbocycles. The molecule has 5 rings (SSSR count). The largest absolute Gasteiger partial charge is 0.490 e. The lowest BCUT2D eigenvalue weighted by molar-refractivity contribution is -0.166. The SMILES string of the molecule is COCOC1CC[C@H]2[C@@H]3CCC4CC(C(O)CO)CC[C@]4(C)[C@@H]3C(c3ccc(OCC=CCCBr)cc3)C[C@]12C. The van der Waals surface area contributed by atoms with Crippen LogP contribution in [0.25, 0.3) is 0 Å². The van der Waals surface area contributed by atoms with Crippen molar-refractivity contribution in [1.82, 2.24) is 0 Å². The van der Waals surface area contributed by atoms with E-state index in [1.165, 1.54) is 24.8 Å². The lowest BCUT2D eigenvalue weighted by Crippen LogP contribution is -2.57. The third kappa shape index (κ3) is 5.82. The lowest BCUT2D eigenvalue weighted by Gasteiger charge is -2.64. The van der Waals surface area contributed by atoms with Gasteiger partial charge in [0.25, 0.3) is 0 Å². The molecule has 1 aromatic carbocycles. The normalized spacial score (nSPS) is 39.9. The van der Waals surface area contributed by atoms with E-state index in [0.717, 1.165) is 49.6 Å². The summed E-state index contributed by atoms with van der Waals surface area (Å²) in [6.07, 6.45) is 14.2. The number of hydrogen-bond acceptors (Lipinski definition) is 5. The first-order valence-corrected chi connectivity index (χ1v) is 16.8. The molecule has 0 saturated heterocycles. The van der Waals surface area contributed by atoms with Crippen LogP contribution in [0.2, 0.25) is 0 Å². The molecule has 6 heteroatoms. The number of hydrogen-bond donors (Lipinski definition) is 2. The molecule has 40 heavy (non-hydrogen) atoms. The van der Waals surface area contributed by atoms with Crippen molar-refractivity contribution in [2.45, 2.75) is 89.8 Å². The smallest absolute Gasteiger partial charge is 0.146 e. The fourth-order valence-corrected chi connectivity index (χ4v) is 10.1. The van der Waals surface area contributed by atoms with Gasteiger partial charge in [0, 0.05) is 12.4 Å². The molecule has 5 unspecified atom stereocenters. The highest BCUT2D eigenvalue weighted by molar-refractivity contribution is 9.09. The van der Waals surface area contributed by atoms with E-state index >= 15 is 0 Å². The van der Waals surface area contributed by atoms with Crippen molar-refractivity contribution in [1.29, 1.82) is 0 Å². The topological polar surface area (TPSA) is 68.2 Å². The zero-order valence-corrected chi connectivity index (χ0v) is 26.4. The molecule has 1 aromatic rings. The van der Waals surface area contributed by atoms with Gasteiger partial charge in [0.2, 0.25) is 0 Å². The van der Waals surface area contributed by atoms with Crippen LogP contribution < -0.4 is 4.74 Å². The summed E-state index contributed by atoms with van der Waals surface area (Å²) in [5.41, 5.74) is 1.84. The van der Waals surface area contributed by atoms with Gasteiger partial charge in [-0.2, -0.15) is 0 Å². The number of aliphatic hydroxyl groups is 2. The predicted octanol–water partition coefficient (Wildman–Crippen LogP) is 7.10. The molecule has 224 valence electrons. The average molecular weight is 620 g/mol. The van der Waals surface area contributed by atoms with Crippen LogP contribution >= 0.6 is 15.9 Å². The average Bonchev–Trinajstić information content (AvgIpc) is 3.30. The summed E-state index contributed by atoms with van der Waals surface area (Å²) in [4.78, 5) is 0. The second-order valence-corrected chi connectivity index (χ2v) is 14.4. The fraction of sp³-hybridized carbons (Fsp3) is 0.765. The summed E-state index contributed by atoms with van der Waals surface area (Å²) >= 11 is 3.46. The molecule has 0 spiro atoms. The van der Waals surface area contributed by atoms with Crippen molar-refractivity contribution in [2.75, 3.05) is 32.4 Å². The highest BCUT2D eigenvalue weighted by Crippen LogP contribution is 2.70. The second kappa shape index (κ2) is 13.2. The number of fused-ring (bicyclic) bond motifs is 5. The molecule has 0 aliphatic heterocycles. The Kier molecular flexibility index (Phi) is 10.0. The number of benzene rings is 1. The van der Waals surface area contributed by atoms with E-state index in [-0.39, 0.29) is 29.5 Å². The van der Waals surface area contributed by atoms with Gasteiger partial charge >= 0.3 is 0 Å². The van der Waals surface area contributed by atoms with Gasteiger partial charge in [-0.25, -0.2) is 0 Å². The highest BCUT2D eigenvalue weighted by atomic mass is 79.9. The van der Waals surface area contributed by atoms with E-state index < -0.39 is 6.10 Å². The molecule has 0 heterocycles. The minimum atomic E-state index is -0.580. The molecule has 4 aliphatic rings. The summed E-state index contributed by atoms with van der Waals surface area (Å²) in [5, 5.41) is 21.2. The van der Waals surface area contributed by atoms with Crippen LogP contribution in [0.3, 0.4) is 0 Å². The maximum absolute atomic E-state index is 10.5. The van der Waals surface area contributed by atoms with Gasteiger partial charge in [0.05, 0.1) is 18.8 Å². The molecule has 5 nitrogen and oxygen atoms in total. The molecule has 4 aliphatic carbocycles. The predicted molar refractivity (Wildman–Crippen MR) is 163 cm³/mol. The van der Waals surface area contributed by atoms with Crippen LogP contribution in [0.15, 0.2) is 36.4 Å². The quantitative estimate of drug-likeness (QED) is 0.157. The van der Waals surface area contributed by atoms with Gasteiger partial charge in [-0.1, -0.05) is 54.1 Å². The summed E-state index contributed by atoms with van der Waals surface area (Å²) < 4.78 is 17.7. The first kappa shape index (κ1) is 30.5. The van der Waals surface area contributed by atoms with Crippen LogP contribution in [0, 0.1) is 40.4 Å². The second-order valence-electron chi connectivity index (χ2n) is 13.6. The first-order chi connectivity index (χ1) is 19.4. The van der Waals surface area contributed by atoms with Gasteiger partial charge < -0.3 is 24.4 Å². The molecule has 0 bridgehead atoms. The van der Waals surface area contributed by atoms with Crippen LogP contribution in [0.4, 0.5) is 0 Å². The van der Waals surface area contributed by atoms with Crippen LogP contribution in [0.5, 0.6) is 5.75 Å². The van der Waals surface area contributed by atoms with Gasteiger partial charge in [-0.05, 0) is 122 Å². The fourth-order valence-electron chi connectivity index (χ4n) is 9.88. The zero-order chi connectivity index (χ0) is 28.3. The van der Waals surface area contributed by atoms with Crippen molar-refractivity contribution in [3.8, 4) is 5.75 Å². The van der Waals surface area contributed by atoms with Crippen LogP contribution in [-0.4, -0.2) is 54.9 Å². The van der Waals surface area contributed by atoms with E-state index in [4.69, 9.17) is 14.2 Å². The molecule has 4 fully saturated rings. The molecule has 0 amide bonds. The van der Waals surface area contributed by atoms with Crippen molar-refractivity contribution in [3.05, 3.63) is 42.0 Å². The molecule has 0 aromatic heterocycles.